The van der Waals surface area contributed by atoms with Crippen LogP contribution in [0.4, 0.5) is 4.79 Å². The van der Waals surface area contributed by atoms with Crippen LogP contribution in [0, 0.1) is 0 Å². The molecule has 4 saturated heterocycles. The van der Waals surface area contributed by atoms with Gasteiger partial charge < -0.3 is 30.1 Å². The Hall–Kier alpha value is -4.26. The van der Waals surface area contributed by atoms with Gasteiger partial charge in [0.05, 0.1) is 28.5 Å². The molecule has 12 nitrogen and oxygen atoms in total. The topological polar surface area (TPSA) is 134 Å². The van der Waals surface area contributed by atoms with Gasteiger partial charge in [0.2, 0.25) is 5.88 Å². The van der Waals surface area contributed by atoms with E-state index in [1.54, 1.807) is 38.5 Å². The number of fused-ring (bicyclic) bond motifs is 5. The van der Waals surface area contributed by atoms with E-state index in [2.05, 4.69) is 28.5 Å². The second kappa shape index (κ2) is 13.1. The molecule has 264 valence electrons. The maximum Gasteiger partial charge on any atom is 0.409 e. The molecule has 4 aliphatic rings. The van der Waals surface area contributed by atoms with E-state index in [4.69, 9.17) is 19.6 Å². The van der Waals surface area contributed by atoms with Crippen molar-refractivity contribution in [3.8, 4) is 17.3 Å². The number of hydrogen-bond acceptors (Lipinski definition) is 10. The van der Waals surface area contributed by atoms with Gasteiger partial charge in [-0.25, -0.2) is 9.78 Å². The fourth-order valence-corrected chi connectivity index (χ4v) is 9.12. The number of phenols is 1. The van der Waals surface area contributed by atoms with Gasteiger partial charge in [-0.15, -0.1) is 0 Å². The predicted octanol–water partition coefficient (Wildman–Crippen LogP) is 4.08. The van der Waals surface area contributed by atoms with Gasteiger partial charge in [-0.05, 0) is 68.5 Å². The van der Waals surface area contributed by atoms with Crippen LogP contribution in [0.1, 0.15) is 62.6 Å². The number of amides is 1. The number of benzene rings is 2. The number of hydrogen-bond donors (Lipinski definition) is 3. The van der Waals surface area contributed by atoms with E-state index in [9.17, 15) is 14.7 Å². The molecule has 12 heteroatoms. The lowest BCUT2D eigenvalue weighted by atomic mass is 9.82. The molecule has 2 unspecified atom stereocenters. The monoisotopic (exact) mass is 681 g/mol. The zero-order valence-corrected chi connectivity index (χ0v) is 29.2. The minimum Gasteiger partial charge on any atom is -0.508 e. The Morgan fingerprint density at radius 3 is 2.72 bits per heavy atom. The fraction of sp³-hybridized carbons (Fsp3) is 0.526. The van der Waals surface area contributed by atoms with E-state index < -0.39 is 0 Å². The smallest absolute Gasteiger partial charge is 0.409 e. The zero-order chi connectivity index (χ0) is 34.6. The summed E-state index contributed by atoms with van der Waals surface area (Å²) in [5.74, 6) is 0.673. The van der Waals surface area contributed by atoms with E-state index in [1.807, 2.05) is 12.1 Å². The number of piperidine rings is 1. The number of carbonyl (C=O) groups is 1. The van der Waals surface area contributed by atoms with Crippen LogP contribution >= 0.6 is 0 Å². The van der Waals surface area contributed by atoms with Crippen LogP contribution in [0.3, 0.4) is 0 Å². The summed E-state index contributed by atoms with van der Waals surface area (Å²) >= 11 is 0. The second-order valence-corrected chi connectivity index (χ2v) is 14.9. The Morgan fingerprint density at radius 1 is 1.12 bits per heavy atom. The first-order chi connectivity index (χ1) is 24.2. The highest BCUT2D eigenvalue weighted by Gasteiger charge is 2.50. The van der Waals surface area contributed by atoms with E-state index in [-0.39, 0.29) is 34.9 Å². The Balaban J connectivity index is 1.18. The minimum atomic E-state index is -0.326. The molecule has 2 aromatic carbocycles. The quantitative estimate of drug-likeness (QED) is 0.250. The van der Waals surface area contributed by atoms with Crippen LogP contribution in [0.2, 0.25) is 0 Å². The number of nitrogens with zero attached hydrogens (tertiary/aromatic N) is 5. The van der Waals surface area contributed by atoms with Crippen LogP contribution < -0.4 is 20.9 Å². The van der Waals surface area contributed by atoms with E-state index in [0.29, 0.717) is 42.3 Å². The van der Waals surface area contributed by atoms with Crippen molar-refractivity contribution in [2.24, 2.45) is 0 Å². The first-order valence-corrected chi connectivity index (χ1v) is 18.1. The summed E-state index contributed by atoms with van der Waals surface area (Å²) in [4.78, 5) is 35.8. The highest BCUT2D eigenvalue weighted by molar-refractivity contribution is 5.95. The third-order valence-corrected chi connectivity index (χ3v) is 11.5. The lowest BCUT2D eigenvalue weighted by Gasteiger charge is -2.40. The van der Waals surface area contributed by atoms with Crippen molar-refractivity contribution in [1.29, 1.82) is 0 Å². The molecule has 6 heterocycles. The lowest BCUT2D eigenvalue weighted by Crippen LogP contribution is -2.58. The number of rotatable bonds is 8. The fourth-order valence-electron chi connectivity index (χ4n) is 9.12. The summed E-state index contributed by atoms with van der Waals surface area (Å²) in [5.41, 5.74) is 2.06. The summed E-state index contributed by atoms with van der Waals surface area (Å²) in [6.45, 7) is 5.63. The van der Waals surface area contributed by atoms with E-state index in [0.717, 1.165) is 92.0 Å². The number of phenolic OH excluding ortho intramolecular Hbond substituents is 1. The normalized spacial score (nSPS) is 26.3. The van der Waals surface area contributed by atoms with Crippen LogP contribution in [-0.2, 0) is 11.2 Å². The van der Waals surface area contributed by atoms with Crippen molar-refractivity contribution in [1.82, 2.24) is 35.2 Å². The van der Waals surface area contributed by atoms with Crippen LogP contribution in [0.25, 0.3) is 27.2 Å². The maximum atomic E-state index is 14.6. The van der Waals surface area contributed by atoms with Crippen molar-refractivity contribution >= 4 is 27.6 Å². The highest BCUT2D eigenvalue weighted by Crippen LogP contribution is 2.43. The molecule has 0 saturated carbocycles. The molecule has 2 aromatic heterocycles. The molecule has 4 atom stereocenters. The number of pyridine rings is 1. The van der Waals surface area contributed by atoms with Gasteiger partial charge in [0.15, 0.2) is 0 Å². The van der Waals surface area contributed by atoms with E-state index in [1.165, 1.54) is 9.58 Å². The van der Waals surface area contributed by atoms with E-state index >= 15 is 0 Å². The number of nitrogens with one attached hydrogen (secondary N) is 2. The molecule has 4 aromatic rings. The second-order valence-electron chi connectivity index (χ2n) is 14.9. The zero-order valence-electron chi connectivity index (χ0n) is 29.2. The first-order valence-electron chi connectivity index (χ1n) is 18.1. The van der Waals surface area contributed by atoms with Crippen molar-refractivity contribution in [2.45, 2.75) is 81.5 Å². The minimum absolute atomic E-state index is 0.0792. The summed E-state index contributed by atoms with van der Waals surface area (Å²) in [7, 11) is 3.39. The number of piperazine rings is 1. The standard InChI is InChI=1S/C38H47N7O5/c1-4-23-7-5-8-24-15-29(46)16-32(34(23)24)45-36(47)30-17-33(42-35(31(30)20-40-45)25-13-26-18-39-19-27(14-25)41-26)50-22-38-10-6-12-44(38)28(9-11-38)21-49-37(48)43(2)3/h5,7-8,15-17,20,25-28,39,41,46H,4,6,9-14,18-19,21-22H2,1-3H3/t25?,26?,27?,28-,38-/m1/s1. The lowest BCUT2D eigenvalue weighted by molar-refractivity contribution is 0.0493. The predicted molar refractivity (Wildman–Crippen MR) is 191 cm³/mol. The average Bonchev–Trinajstić information content (AvgIpc) is 3.68. The Bertz CT molecular complexity index is 1990. The Morgan fingerprint density at radius 2 is 1.94 bits per heavy atom. The summed E-state index contributed by atoms with van der Waals surface area (Å²) in [6, 6.07) is 11.9. The molecular formula is C38H47N7O5. The van der Waals surface area contributed by atoms with Gasteiger partial charge >= 0.3 is 6.09 Å². The number of carbonyl (C=O) groups excluding carboxylic acids is 1. The van der Waals surface area contributed by atoms with Gasteiger partial charge in [-0.2, -0.15) is 9.78 Å². The Labute approximate surface area is 291 Å². The molecule has 0 aliphatic carbocycles. The van der Waals surface area contributed by atoms with Gasteiger partial charge in [-0.1, -0.05) is 25.1 Å². The van der Waals surface area contributed by atoms with Gasteiger partial charge in [-0.3, -0.25) is 9.69 Å². The molecule has 2 bridgehead atoms. The highest BCUT2D eigenvalue weighted by atomic mass is 16.6. The molecule has 4 fully saturated rings. The molecule has 3 N–H and O–H groups in total. The summed E-state index contributed by atoms with van der Waals surface area (Å²) < 4.78 is 13.7. The first kappa shape index (κ1) is 32.9. The maximum absolute atomic E-state index is 14.6. The molecule has 0 radical (unpaired) electrons. The van der Waals surface area contributed by atoms with Gasteiger partial charge in [0, 0.05) is 74.1 Å². The average molecular weight is 682 g/mol. The molecule has 50 heavy (non-hydrogen) atoms. The SMILES string of the molecule is CCc1cccc2cc(O)cc(-n3ncc4c(C5CC6CNCC(C5)N6)nc(OC[C@]56CCCN5[C@@H](COC(=O)N(C)C)CC6)cc4c3=O)c12. The number of aryl methyl sites for hydroxylation is 1. The number of ether oxygens (including phenoxy) is 2. The molecule has 0 spiro atoms. The molecule has 8 rings (SSSR count). The third kappa shape index (κ3) is 5.86. The van der Waals surface area contributed by atoms with Crippen molar-refractivity contribution in [3.63, 3.8) is 0 Å². The van der Waals surface area contributed by atoms with Crippen molar-refractivity contribution in [3.05, 3.63) is 64.2 Å². The van der Waals surface area contributed by atoms with Gasteiger partial charge in [0.1, 0.15) is 19.0 Å². The number of aromatic nitrogens is 3. The van der Waals surface area contributed by atoms with Crippen molar-refractivity contribution in [2.75, 3.05) is 46.9 Å². The number of aromatic hydroxyl groups is 1. The van der Waals surface area contributed by atoms with Crippen LogP contribution in [-0.4, -0.2) is 106 Å². The summed E-state index contributed by atoms with van der Waals surface area (Å²) in [5, 5.41) is 25.7. The molecule has 4 aliphatic heterocycles. The van der Waals surface area contributed by atoms with Gasteiger partial charge in [0.25, 0.3) is 5.56 Å². The molecular weight excluding hydrogens is 634 g/mol. The largest absolute Gasteiger partial charge is 0.508 e. The van der Waals surface area contributed by atoms with Crippen LogP contribution in [0.5, 0.6) is 11.6 Å². The van der Waals surface area contributed by atoms with Crippen molar-refractivity contribution < 1.29 is 19.4 Å². The molecule has 1 amide bonds. The third-order valence-electron chi connectivity index (χ3n) is 11.5. The van der Waals surface area contributed by atoms with Crippen LogP contribution in [0.15, 0.2) is 47.4 Å². The summed E-state index contributed by atoms with van der Waals surface area (Å²) in [6.07, 6.45) is 7.96. The Kier molecular flexibility index (Phi) is 8.64.